The van der Waals surface area contributed by atoms with Gasteiger partial charge in [-0.2, -0.15) is 0 Å². The van der Waals surface area contributed by atoms with Crippen LogP contribution in [0.4, 0.5) is 15.3 Å². The fourth-order valence-corrected chi connectivity index (χ4v) is 2.20. The maximum absolute atomic E-state index is 12.0. The smallest absolute Gasteiger partial charge is 0.407 e. The largest absolute Gasteiger partial charge is 0.444 e. The maximum atomic E-state index is 12.0. The van der Waals surface area contributed by atoms with Gasteiger partial charge in [-0.1, -0.05) is 42.5 Å². The summed E-state index contributed by atoms with van der Waals surface area (Å²) in [6.07, 6.45) is -0.475. The Morgan fingerprint density at radius 3 is 2.23 bits per heavy atom. The van der Waals surface area contributed by atoms with E-state index in [1.165, 1.54) is 0 Å². The van der Waals surface area contributed by atoms with E-state index in [0.29, 0.717) is 18.8 Å². The van der Waals surface area contributed by atoms with E-state index in [1.807, 2.05) is 63.2 Å². The minimum atomic E-state index is -0.537. The number of anilines is 1. The van der Waals surface area contributed by atoms with Crippen LogP contribution in [0.15, 0.2) is 54.6 Å². The average Bonchev–Trinajstić information content (AvgIpc) is 2.58. The van der Waals surface area contributed by atoms with Crippen LogP contribution in [0.25, 0.3) is 0 Å². The van der Waals surface area contributed by atoms with E-state index in [0.717, 1.165) is 11.1 Å². The van der Waals surface area contributed by atoms with E-state index in [1.54, 1.807) is 12.1 Å². The van der Waals surface area contributed by atoms with Crippen molar-refractivity contribution >= 4 is 17.8 Å². The SMILES string of the molecule is CC(C)(C)OC(=O)NCc1cccc(NC(=O)NCc2ccccc2)c1. The Balaban J connectivity index is 1.82. The van der Waals surface area contributed by atoms with Gasteiger partial charge >= 0.3 is 12.1 Å². The molecule has 6 heteroatoms. The zero-order valence-corrected chi connectivity index (χ0v) is 15.3. The van der Waals surface area contributed by atoms with Crippen molar-refractivity contribution in [3.63, 3.8) is 0 Å². The molecule has 0 aliphatic heterocycles. The van der Waals surface area contributed by atoms with Gasteiger partial charge in [0.1, 0.15) is 5.60 Å². The molecule has 138 valence electrons. The van der Waals surface area contributed by atoms with Crippen LogP contribution in [0.5, 0.6) is 0 Å². The molecule has 0 aliphatic rings. The van der Waals surface area contributed by atoms with Crippen molar-refractivity contribution in [2.45, 2.75) is 39.5 Å². The molecule has 0 saturated heterocycles. The molecule has 0 unspecified atom stereocenters. The molecular formula is C20H25N3O3. The summed E-state index contributed by atoms with van der Waals surface area (Å²) in [6.45, 7) is 6.20. The van der Waals surface area contributed by atoms with Crippen LogP contribution in [0.1, 0.15) is 31.9 Å². The first-order chi connectivity index (χ1) is 12.3. The second-order valence-corrected chi connectivity index (χ2v) is 6.85. The van der Waals surface area contributed by atoms with E-state index in [2.05, 4.69) is 16.0 Å². The molecule has 0 radical (unpaired) electrons. The van der Waals surface area contributed by atoms with Crippen LogP contribution >= 0.6 is 0 Å². The van der Waals surface area contributed by atoms with E-state index < -0.39 is 11.7 Å². The molecular weight excluding hydrogens is 330 g/mol. The maximum Gasteiger partial charge on any atom is 0.407 e. The molecule has 2 rings (SSSR count). The lowest BCUT2D eigenvalue weighted by atomic mass is 10.2. The fraction of sp³-hybridized carbons (Fsp3) is 0.300. The summed E-state index contributed by atoms with van der Waals surface area (Å²) in [5.74, 6) is 0. The molecule has 3 N–H and O–H groups in total. The van der Waals surface area contributed by atoms with Gasteiger partial charge in [0.25, 0.3) is 0 Å². The van der Waals surface area contributed by atoms with E-state index in [4.69, 9.17) is 4.74 Å². The lowest BCUT2D eigenvalue weighted by Gasteiger charge is -2.19. The molecule has 0 bridgehead atoms. The van der Waals surface area contributed by atoms with Crippen LogP contribution < -0.4 is 16.0 Å². The molecule has 0 fully saturated rings. The Hall–Kier alpha value is -3.02. The lowest BCUT2D eigenvalue weighted by Crippen LogP contribution is -2.32. The van der Waals surface area contributed by atoms with Crippen LogP contribution in [-0.4, -0.2) is 17.7 Å². The average molecular weight is 355 g/mol. The zero-order chi connectivity index (χ0) is 19.0. The van der Waals surface area contributed by atoms with Crippen molar-refractivity contribution in [1.29, 1.82) is 0 Å². The number of rotatable bonds is 5. The lowest BCUT2D eigenvalue weighted by molar-refractivity contribution is 0.0523. The van der Waals surface area contributed by atoms with Gasteiger partial charge in [0.15, 0.2) is 0 Å². The summed E-state index contributed by atoms with van der Waals surface area (Å²) >= 11 is 0. The number of hydrogen-bond donors (Lipinski definition) is 3. The van der Waals surface area contributed by atoms with Gasteiger partial charge in [-0.25, -0.2) is 9.59 Å². The van der Waals surface area contributed by atoms with Crippen LogP contribution in [0, 0.1) is 0 Å². The Bertz CT molecular complexity index is 739. The third-order valence-corrected chi connectivity index (χ3v) is 3.32. The summed E-state index contributed by atoms with van der Waals surface area (Å²) in [4.78, 5) is 23.7. The van der Waals surface area contributed by atoms with Crippen molar-refractivity contribution in [3.8, 4) is 0 Å². The molecule has 2 aromatic rings. The summed E-state index contributed by atoms with van der Waals surface area (Å²) in [7, 11) is 0. The number of hydrogen-bond acceptors (Lipinski definition) is 3. The first-order valence-electron chi connectivity index (χ1n) is 8.46. The molecule has 0 heterocycles. The minimum absolute atomic E-state index is 0.286. The van der Waals surface area contributed by atoms with Crippen LogP contribution in [-0.2, 0) is 17.8 Å². The Morgan fingerprint density at radius 1 is 0.885 bits per heavy atom. The monoisotopic (exact) mass is 355 g/mol. The van der Waals surface area contributed by atoms with Crippen molar-refractivity contribution in [3.05, 3.63) is 65.7 Å². The molecule has 0 atom stereocenters. The first-order valence-corrected chi connectivity index (χ1v) is 8.46. The minimum Gasteiger partial charge on any atom is -0.444 e. The van der Waals surface area contributed by atoms with E-state index in [-0.39, 0.29) is 6.03 Å². The quantitative estimate of drug-likeness (QED) is 0.757. The van der Waals surface area contributed by atoms with Crippen molar-refractivity contribution < 1.29 is 14.3 Å². The van der Waals surface area contributed by atoms with Gasteiger partial charge in [-0.15, -0.1) is 0 Å². The Labute approximate surface area is 153 Å². The number of urea groups is 1. The Kier molecular flexibility index (Phi) is 6.60. The highest BCUT2D eigenvalue weighted by Gasteiger charge is 2.15. The number of carbonyl (C=O) groups excluding carboxylic acids is 2. The molecule has 0 spiro atoms. The molecule has 6 nitrogen and oxygen atoms in total. The zero-order valence-electron chi connectivity index (χ0n) is 15.3. The van der Waals surface area contributed by atoms with Gasteiger partial charge in [-0.05, 0) is 44.0 Å². The summed E-state index contributed by atoms with van der Waals surface area (Å²) < 4.78 is 5.20. The predicted molar refractivity (Wildman–Crippen MR) is 102 cm³/mol. The molecule has 0 aromatic heterocycles. The highest BCUT2D eigenvalue weighted by molar-refractivity contribution is 5.89. The molecule has 0 saturated carbocycles. The normalized spacial score (nSPS) is 10.7. The van der Waals surface area contributed by atoms with Crippen LogP contribution in [0.2, 0.25) is 0 Å². The third-order valence-electron chi connectivity index (χ3n) is 3.32. The second-order valence-electron chi connectivity index (χ2n) is 6.85. The van der Waals surface area contributed by atoms with Gasteiger partial charge < -0.3 is 20.7 Å². The summed E-state index contributed by atoms with van der Waals surface area (Å²) in [5.41, 5.74) is 2.00. The van der Waals surface area contributed by atoms with Crippen molar-refractivity contribution in [1.82, 2.24) is 10.6 Å². The highest BCUT2D eigenvalue weighted by Crippen LogP contribution is 2.11. The standard InChI is InChI=1S/C20H25N3O3/c1-20(2,3)26-19(25)22-14-16-10-7-11-17(12-16)23-18(24)21-13-15-8-5-4-6-9-15/h4-12H,13-14H2,1-3H3,(H,22,25)(H2,21,23,24). The molecule has 2 aromatic carbocycles. The number of alkyl carbamates (subject to hydrolysis) is 1. The number of nitrogens with one attached hydrogen (secondary N) is 3. The van der Waals surface area contributed by atoms with E-state index in [9.17, 15) is 9.59 Å². The van der Waals surface area contributed by atoms with Gasteiger partial charge in [-0.3, -0.25) is 0 Å². The number of carbonyl (C=O) groups is 2. The summed E-state index contributed by atoms with van der Waals surface area (Å²) in [6, 6.07) is 16.7. The van der Waals surface area contributed by atoms with Gasteiger partial charge in [0, 0.05) is 18.8 Å². The van der Waals surface area contributed by atoms with Gasteiger partial charge in [0.05, 0.1) is 0 Å². The van der Waals surface area contributed by atoms with Gasteiger partial charge in [0.2, 0.25) is 0 Å². The third kappa shape index (κ3) is 7.25. The topological polar surface area (TPSA) is 79.5 Å². The van der Waals surface area contributed by atoms with Crippen molar-refractivity contribution in [2.75, 3.05) is 5.32 Å². The molecule has 0 aliphatic carbocycles. The number of amides is 3. The number of benzene rings is 2. The summed E-state index contributed by atoms with van der Waals surface area (Å²) in [5, 5.41) is 8.28. The van der Waals surface area contributed by atoms with Crippen molar-refractivity contribution in [2.24, 2.45) is 0 Å². The molecule has 3 amide bonds. The predicted octanol–water partition coefficient (Wildman–Crippen LogP) is 4.03. The second kappa shape index (κ2) is 8.89. The Morgan fingerprint density at radius 2 is 1.54 bits per heavy atom. The first kappa shape index (κ1) is 19.3. The fourth-order valence-electron chi connectivity index (χ4n) is 2.20. The van der Waals surface area contributed by atoms with E-state index >= 15 is 0 Å². The number of ether oxygens (including phenoxy) is 1. The van der Waals surface area contributed by atoms with Crippen LogP contribution in [0.3, 0.4) is 0 Å². The highest BCUT2D eigenvalue weighted by atomic mass is 16.6. The molecule has 26 heavy (non-hydrogen) atoms.